The number of anilines is 1. The van der Waals surface area contributed by atoms with Gasteiger partial charge in [-0.25, -0.2) is 0 Å². The minimum atomic E-state index is -0.405. The van der Waals surface area contributed by atoms with E-state index in [0.717, 1.165) is 5.56 Å². The van der Waals surface area contributed by atoms with Crippen molar-refractivity contribution in [1.29, 1.82) is 0 Å². The van der Waals surface area contributed by atoms with E-state index in [2.05, 4.69) is 5.32 Å². The molecule has 0 fully saturated rings. The van der Waals surface area contributed by atoms with Gasteiger partial charge in [0.25, 0.3) is 5.91 Å². The lowest BCUT2D eigenvalue weighted by atomic mass is 9.99. The van der Waals surface area contributed by atoms with Gasteiger partial charge in [-0.05, 0) is 37.3 Å². The zero-order valence-electron chi connectivity index (χ0n) is 13.9. The third kappa shape index (κ3) is 3.96. The SMILES string of the molecule is Cc1ccc(NC(=O)c2ccc(Cl)cc2Cl)c(C(=O)c2ccccc2)c1. The number of rotatable bonds is 4. The molecular weight excluding hydrogens is 369 g/mol. The van der Waals surface area contributed by atoms with Crippen LogP contribution in [-0.4, -0.2) is 11.7 Å². The van der Waals surface area contributed by atoms with Crippen LogP contribution in [-0.2, 0) is 0 Å². The largest absolute Gasteiger partial charge is 0.321 e. The van der Waals surface area contributed by atoms with E-state index in [1.807, 2.05) is 19.1 Å². The smallest absolute Gasteiger partial charge is 0.257 e. The molecule has 0 bridgehead atoms. The lowest BCUT2D eigenvalue weighted by Gasteiger charge is -2.12. The molecule has 0 aromatic heterocycles. The van der Waals surface area contributed by atoms with Crippen molar-refractivity contribution >= 4 is 40.6 Å². The Morgan fingerprint density at radius 3 is 2.27 bits per heavy atom. The highest BCUT2D eigenvalue weighted by Crippen LogP contribution is 2.25. The summed E-state index contributed by atoms with van der Waals surface area (Å²) in [6.45, 7) is 1.89. The number of carbonyl (C=O) groups excluding carboxylic acids is 2. The molecule has 1 amide bonds. The molecule has 0 aliphatic heterocycles. The summed E-state index contributed by atoms with van der Waals surface area (Å²) in [6.07, 6.45) is 0. The standard InChI is InChI=1S/C21H15Cl2NO2/c1-13-7-10-19(17(11-13)20(25)14-5-3-2-4-6-14)24-21(26)16-9-8-15(22)12-18(16)23/h2-12H,1H3,(H,24,26). The maximum absolute atomic E-state index is 12.9. The number of aryl methyl sites for hydroxylation is 1. The molecule has 3 nitrogen and oxygen atoms in total. The first-order valence-corrected chi connectivity index (χ1v) is 8.68. The van der Waals surface area contributed by atoms with Crippen LogP contribution >= 0.6 is 23.2 Å². The van der Waals surface area contributed by atoms with Gasteiger partial charge in [-0.1, -0.05) is 65.2 Å². The predicted molar refractivity (Wildman–Crippen MR) is 105 cm³/mol. The van der Waals surface area contributed by atoms with Gasteiger partial charge in [-0.3, -0.25) is 9.59 Å². The second kappa shape index (κ2) is 7.73. The van der Waals surface area contributed by atoms with E-state index in [-0.39, 0.29) is 16.4 Å². The van der Waals surface area contributed by atoms with Gasteiger partial charge >= 0.3 is 0 Å². The fourth-order valence-electron chi connectivity index (χ4n) is 2.56. The van der Waals surface area contributed by atoms with Crippen molar-refractivity contribution < 1.29 is 9.59 Å². The Morgan fingerprint density at radius 2 is 1.58 bits per heavy atom. The molecule has 0 spiro atoms. The Bertz CT molecular complexity index is 985. The predicted octanol–water partition coefficient (Wildman–Crippen LogP) is 5.79. The molecule has 0 unspecified atom stereocenters. The summed E-state index contributed by atoms with van der Waals surface area (Å²) in [7, 11) is 0. The molecule has 0 radical (unpaired) electrons. The van der Waals surface area contributed by atoms with Crippen LogP contribution in [0.4, 0.5) is 5.69 Å². The van der Waals surface area contributed by atoms with Gasteiger partial charge in [-0.15, -0.1) is 0 Å². The molecule has 0 heterocycles. The average Bonchev–Trinajstić information content (AvgIpc) is 2.63. The molecule has 3 aromatic rings. The topological polar surface area (TPSA) is 46.2 Å². The highest BCUT2D eigenvalue weighted by molar-refractivity contribution is 6.37. The van der Waals surface area contributed by atoms with Crippen LogP contribution < -0.4 is 5.32 Å². The number of hydrogen-bond donors (Lipinski definition) is 1. The average molecular weight is 384 g/mol. The first-order chi connectivity index (χ1) is 12.5. The molecule has 3 aromatic carbocycles. The Morgan fingerprint density at radius 1 is 0.846 bits per heavy atom. The molecule has 0 saturated heterocycles. The number of nitrogens with one attached hydrogen (secondary N) is 1. The molecule has 0 atom stereocenters. The van der Waals surface area contributed by atoms with Gasteiger partial charge < -0.3 is 5.32 Å². The number of hydrogen-bond acceptors (Lipinski definition) is 2. The molecule has 5 heteroatoms. The van der Waals surface area contributed by atoms with Crippen LogP contribution in [0.3, 0.4) is 0 Å². The van der Waals surface area contributed by atoms with Crippen molar-refractivity contribution in [3.8, 4) is 0 Å². The Hall–Kier alpha value is -2.62. The number of benzene rings is 3. The lowest BCUT2D eigenvalue weighted by Crippen LogP contribution is -2.16. The van der Waals surface area contributed by atoms with Crippen molar-refractivity contribution in [2.24, 2.45) is 0 Å². The van der Waals surface area contributed by atoms with Gasteiger partial charge in [0.1, 0.15) is 0 Å². The molecule has 0 saturated carbocycles. The summed E-state index contributed by atoms with van der Waals surface area (Å²) in [5.41, 5.74) is 2.62. The first-order valence-electron chi connectivity index (χ1n) is 7.92. The van der Waals surface area contributed by atoms with Crippen LogP contribution in [0, 0.1) is 6.92 Å². The maximum atomic E-state index is 12.9. The monoisotopic (exact) mass is 383 g/mol. The van der Waals surface area contributed by atoms with Crippen molar-refractivity contribution in [2.45, 2.75) is 6.92 Å². The van der Waals surface area contributed by atoms with Crippen molar-refractivity contribution in [3.05, 3.63) is 99.0 Å². The fourth-order valence-corrected chi connectivity index (χ4v) is 3.06. The number of carbonyl (C=O) groups is 2. The van der Waals surface area contributed by atoms with Gasteiger partial charge in [0.05, 0.1) is 16.3 Å². The second-order valence-corrected chi connectivity index (χ2v) is 6.67. The minimum absolute atomic E-state index is 0.160. The zero-order valence-corrected chi connectivity index (χ0v) is 15.4. The number of amides is 1. The van der Waals surface area contributed by atoms with Crippen molar-refractivity contribution in [3.63, 3.8) is 0 Å². The van der Waals surface area contributed by atoms with Crippen LogP contribution in [0.15, 0.2) is 66.7 Å². The first kappa shape index (κ1) is 18.2. The van der Waals surface area contributed by atoms with Crippen molar-refractivity contribution in [2.75, 3.05) is 5.32 Å². The quantitative estimate of drug-likeness (QED) is 0.579. The van der Waals surface area contributed by atoms with Crippen LogP contribution in [0.1, 0.15) is 31.8 Å². The fraction of sp³-hybridized carbons (Fsp3) is 0.0476. The van der Waals surface area contributed by atoms with Crippen molar-refractivity contribution in [1.82, 2.24) is 0 Å². The molecular formula is C21H15Cl2NO2. The van der Waals surface area contributed by atoms with E-state index in [4.69, 9.17) is 23.2 Å². The maximum Gasteiger partial charge on any atom is 0.257 e. The molecule has 130 valence electrons. The number of halogens is 2. The zero-order chi connectivity index (χ0) is 18.7. The Balaban J connectivity index is 1.95. The summed E-state index contributed by atoms with van der Waals surface area (Å²) in [5, 5.41) is 3.47. The van der Waals surface area contributed by atoms with Gasteiger partial charge in [0.2, 0.25) is 0 Å². The summed E-state index contributed by atoms with van der Waals surface area (Å²) in [5.74, 6) is -0.565. The van der Waals surface area contributed by atoms with E-state index in [1.54, 1.807) is 48.5 Å². The van der Waals surface area contributed by atoms with Crippen LogP contribution in [0.5, 0.6) is 0 Å². The molecule has 0 aliphatic carbocycles. The van der Waals surface area contributed by atoms with E-state index >= 15 is 0 Å². The second-order valence-electron chi connectivity index (χ2n) is 5.82. The Kier molecular flexibility index (Phi) is 5.40. The molecule has 1 N–H and O–H groups in total. The summed E-state index contributed by atoms with van der Waals surface area (Å²) < 4.78 is 0. The molecule has 26 heavy (non-hydrogen) atoms. The van der Waals surface area contributed by atoms with E-state index in [9.17, 15) is 9.59 Å². The summed E-state index contributed by atoms with van der Waals surface area (Å²) >= 11 is 12.0. The molecule has 0 aliphatic rings. The van der Waals surface area contributed by atoms with Gasteiger partial charge in [0.15, 0.2) is 5.78 Å². The third-order valence-corrected chi connectivity index (χ3v) is 4.43. The Labute approximate surface area is 161 Å². The highest BCUT2D eigenvalue weighted by Gasteiger charge is 2.17. The minimum Gasteiger partial charge on any atom is -0.321 e. The van der Waals surface area contributed by atoms with Gasteiger partial charge in [0, 0.05) is 16.1 Å². The van der Waals surface area contributed by atoms with Gasteiger partial charge in [-0.2, -0.15) is 0 Å². The van der Waals surface area contributed by atoms with E-state index < -0.39 is 5.91 Å². The highest BCUT2D eigenvalue weighted by atomic mass is 35.5. The third-order valence-electron chi connectivity index (χ3n) is 3.88. The van der Waals surface area contributed by atoms with E-state index in [0.29, 0.717) is 21.8 Å². The van der Waals surface area contributed by atoms with E-state index in [1.165, 1.54) is 6.07 Å². The molecule has 3 rings (SSSR count). The van der Waals surface area contributed by atoms with Crippen LogP contribution in [0.2, 0.25) is 10.0 Å². The summed E-state index contributed by atoms with van der Waals surface area (Å²) in [6, 6.07) is 18.9. The van der Waals surface area contributed by atoms with Crippen LogP contribution in [0.25, 0.3) is 0 Å². The normalized spacial score (nSPS) is 10.4. The summed E-state index contributed by atoms with van der Waals surface area (Å²) in [4.78, 5) is 25.4. The number of ketones is 1. The lowest BCUT2D eigenvalue weighted by molar-refractivity contribution is 0.102.